The Morgan fingerprint density at radius 2 is 1.75 bits per heavy atom. The lowest BCUT2D eigenvalue weighted by Gasteiger charge is -2.42. The third-order valence-corrected chi connectivity index (χ3v) is 6.78. The Morgan fingerprint density at radius 1 is 1.11 bits per heavy atom. The summed E-state index contributed by atoms with van der Waals surface area (Å²) in [5, 5.41) is 6.72. The first kappa shape index (κ1) is 25.8. The molecule has 0 atom stereocenters. The molecule has 1 saturated heterocycles. The Bertz CT molecular complexity index is 475. The third-order valence-electron chi connectivity index (χ3n) is 5.84. The van der Waals surface area contributed by atoms with E-state index >= 15 is 0 Å². The van der Waals surface area contributed by atoms with Gasteiger partial charge < -0.3 is 15.5 Å². The zero-order chi connectivity index (χ0) is 19.5. The van der Waals surface area contributed by atoms with Crippen LogP contribution in [-0.2, 0) is 4.79 Å². The van der Waals surface area contributed by atoms with Gasteiger partial charge in [-0.05, 0) is 33.6 Å². The molecule has 1 saturated carbocycles. The van der Waals surface area contributed by atoms with Gasteiger partial charge in [0, 0.05) is 62.7 Å². The molecule has 164 valence electrons. The summed E-state index contributed by atoms with van der Waals surface area (Å²) in [5.41, 5.74) is 0.250. The molecule has 0 aromatic rings. The average molecular weight is 526 g/mol. The van der Waals surface area contributed by atoms with Crippen molar-refractivity contribution in [1.82, 2.24) is 20.4 Å². The minimum atomic E-state index is 0. The molecular weight excluding hydrogens is 485 g/mol. The van der Waals surface area contributed by atoms with Gasteiger partial charge in [0.05, 0.1) is 6.54 Å². The van der Waals surface area contributed by atoms with E-state index in [9.17, 15) is 4.79 Å². The van der Waals surface area contributed by atoms with E-state index in [1.54, 1.807) is 0 Å². The predicted octanol–water partition coefficient (Wildman–Crippen LogP) is 2.78. The molecule has 2 N–H and O–H groups in total. The first-order valence-corrected chi connectivity index (χ1v) is 11.9. The molecule has 28 heavy (non-hydrogen) atoms. The van der Waals surface area contributed by atoms with Gasteiger partial charge in [-0.25, -0.2) is 0 Å². The van der Waals surface area contributed by atoms with E-state index < -0.39 is 0 Å². The number of carbonyl (C=O) groups is 1. The van der Waals surface area contributed by atoms with E-state index in [1.165, 1.54) is 50.3 Å². The van der Waals surface area contributed by atoms with Crippen LogP contribution in [0.25, 0.3) is 0 Å². The average Bonchev–Trinajstić information content (AvgIpc) is 3.18. The molecule has 0 spiro atoms. The summed E-state index contributed by atoms with van der Waals surface area (Å²) >= 11 is 2.07. The van der Waals surface area contributed by atoms with Crippen molar-refractivity contribution in [2.75, 3.05) is 57.3 Å². The molecule has 2 fully saturated rings. The second kappa shape index (κ2) is 13.9. The molecule has 0 unspecified atom stereocenters. The summed E-state index contributed by atoms with van der Waals surface area (Å²) in [6.45, 7) is 12.4. The van der Waals surface area contributed by atoms with Crippen molar-refractivity contribution in [3.8, 4) is 0 Å². The summed E-state index contributed by atoms with van der Waals surface area (Å²) in [4.78, 5) is 21.7. The van der Waals surface area contributed by atoms with Gasteiger partial charge in [-0.2, -0.15) is 11.8 Å². The van der Waals surface area contributed by atoms with Crippen molar-refractivity contribution in [3.05, 3.63) is 0 Å². The van der Waals surface area contributed by atoms with Crippen LogP contribution >= 0.6 is 35.7 Å². The molecule has 1 aliphatic heterocycles. The highest BCUT2D eigenvalue weighted by atomic mass is 127. The number of amides is 1. The molecule has 0 radical (unpaired) electrons. The van der Waals surface area contributed by atoms with Crippen molar-refractivity contribution < 1.29 is 4.79 Å². The van der Waals surface area contributed by atoms with Crippen molar-refractivity contribution >= 4 is 47.6 Å². The fourth-order valence-corrected chi connectivity index (χ4v) is 5.14. The Kier molecular flexibility index (Phi) is 12.8. The first-order chi connectivity index (χ1) is 13.1. The summed E-state index contributed by atoms with van der Waals surface area (Å²) in [6.07, 6.45) is 5.69. The number of hydrogen-bond donors (Lipinski definition) is 2. The lowest BCUT2D eigenvalue weighted by Crippen LogP contribution is -2.53. The summed E-state index contributed by atoms with van der Waals surface area (Å²) in [6, 6.07) is 0. The molecule has 1 aliphatic carbocycles. The van der Waals surface area contributed by atoms with E-state index in [0.717, 1.165) is 32.1 Å². The van der Waals surface area contributed by atoms with Gasteiger partial charge in [0.1, 0.15) is 0 Å². The maximum absolute atomic E-state index is 12.2. The van der Waals surface area contributed by atoms with E-state index in [0.29, 0.717) is 13.0 Å². The van der Waals surface area contributed by atoms with Crippen LogP contribution in [0, 0.1) is 0 Å². The van der Waals surface area contributed by atoms with Crippen molar-refractivity contribution in [3.63, 3.8) is 0 Å². The highest BCUT2D eigenvalue weighted by Crippen LogP contribution is 2.37. The van der Waals surface area contributed by atoms with Gasteiger partial charge in [-0.3, -0.25) is 14.7 Å². The number of halogens is 1. The Labute approximate surface area is 193 Å². The minimum Gasteiger partial charge on any atom is -0.357 e. The quantitative estimate of drug-likeness (QED) is 0.276. The SMILES string of the molecule is CCNC(=NCC1(N2CCSCC2)CCCC1)NCCC(=O)N(CC)CC.I. The predicted molar refractivity (Wildman–Crippen MR) is 132 cm³/mol. The van der Waals surface area contributed by atoms with E-state index in [-0.39, 0.29) is 35.4 Å². The van der Waals surface area contributed by atoms with Gasteiger partial charge in [0.15, 0.2) is 5.96 Å². The zero-order valence-electron chi connectivity index (χ0n) is 18.0. The molecule has 6 nitrogen and oxygen atoms in total. The molecule has 0 aromatic carbocycles. The Hall–Kier alpha value is -0.220. The molecule has 1 amide bonds. The number of hydrogen-bond acceptors (Lipinski definition) is 4. The second-order valence-corrected chi connectivity index (χ2v) is 8.69. The standard InChI is InChI=1S/C20H39N5OS.HI/c1-4-21-19(22-12-9-18(26)24(5-2)6-3)23-17-20(10-7-8-11-20)25-13-15-27-16-14-25;/h4-17H2,1-3H3,(H2,21,22,23);1H. The van der Waals surface area contributed by atoms with Crippen molar-refractivity contribution in [2.24, 2.45) is 4.99 Å². The van der Waals surface area contributed by atoms with Crippen LogP contribution in [0.4, 0.5) is 0 Å². The monoisotopic (exact) mass is 525 g/mol. The van der Waals surface area contributed by atoms with Crippen LogP contribution in [0.5, 0.6) is 0 Å². The fraction of sp³-hybridized carbons (Fsp3) is 0.900. The van der Waals surface area contributed by atoms with Crippen LogP contribution in [0.1, 0.15) is 52.9 Å². The molecule has 2 aliphatic rings. The lowest BCUT2D eigenvalue weighted by atomic mass is 9.95. The summed E-state index contributed by atoms with van der Waals surface area (Å²) in [7, 11) is 0. The first-order valence-electron chi connectivity index (χ1n) is 10.8. The van der Waals surface area contributed by atoms with Crippen LogP contribution in [0.3, 0.4) is 0 Å². The van der Waals surface area contributed by atoms with Gasteiger partial charge in [0.2, 0.25) is 5.91 Å². The number of rotatable bonds is 9. The second-order valence-electron chi connectivity index (χ2n) is 7.47. The number of nitrogens with one attached hydrogen (secondary N) is 2. The smallest absolute Gasteiger partial charge is 0.224 e. The molecule has 1 heterocycles. The maximum Gasteiger partial charge on any atom is 0.224 e. The summed E-state index contributed by atoms with van der Waals surface area (Å²) < 4.78 is 0. The lowest BCUT2D eigenvalue weighted by molar-refractivity contribution is -0.130. The summed E-state index contributed by atoms with van der Waals surface area (Å²) in [5.74, 6) is 3.55. The molecule has 0 aromatic heterocycles. The molecular formula is C20H40IN5OS. The number of carbonyl (C=O) groups excluding carboxylic acids is 1. The van der Waals surface area contributed by atoms with E-state index in [2.05, 4.69) is 34.2 Å². The van der Waals surface area contributed by atoms with Crippen LogP contribution in [-0.4, -0.2) is 84.5 Å². The fourth-order valence-electron chi connectivity index (χ4n) is 4.24. The van der Waals surface area contributed by atoms with Gasteiger partial charge >= 0.3 is 0 Å². The van der Waals surface area contributed by atoms with Gasteiger partial charge in [-0.15, -0.1) is 24.0 Å². The maximum atomic E-state index is 12.2. The highest BCUT2D eigenvalue weighted by Gasteiger charge is 2.39. The largest absolute Gasteiger partial charge is 0.357 e. The third kappa shape index (κ3) is 7.55. The number of aliphatic imine (C=N–C) groups is 1. The van der Waals surface area contributed by atoms with Crippen molar-refractivity contribution in [2.45, 2.75) is 58.4 Å². The van der Waals surface area contributed by atoms with Gasteiger partial charge in [-0.1, -0.05) is 12.8 Å². The van der Waals surface area contributed by atoms with Crippen LogP contribution < -0.4 is 10.6 Å². The highest BCUT2D eigenvalue weighted by molar-refractivity contribution is 14.0. The Balaban J connectivity index is 0.00000392. The minimum absolute atomic E-state index is 0. The van der Waals surface area contributed by atoms with Gasteiger partial charge in [0.25, 0.3) is 0 Å². The van der Waals surface area contributed by atoms with Crippen molar-refractivity contribution in [1.29, 1.82) is 0 Å². The van der Waals surface area contributed by atoms with E-state index in [4.69, 9.17) is 4.99 Å². The zero-order valence-corrected chi connectivity index (χ0v) is 21.1. The number of thioether (sulfide) groups is 1. The van der Waals surface area contributed by atoms with Crippen LogP contribution in [0.2, 0.25) is 0 Å². The number of nitrogens with zero attached hydrogens (tertiary/aromatic N) is 3. The topological polar surface area (TPSA) is 60.0 Å². The molecule has 2 rings (SSSR count). The van der Waals surface area contributed by atoms with E-state index in [1.807, 2.05) is 18.7 Å². The normalized spacial score (nSPS) is 19.8. The molecule has 8 heteroatoms. The number of guanidine groups is 1. The van der Waals surface area contributed by atoms with Crippen LogP contribution in [0.15, 0.2) is 4.99 Å². The Morgan fingerprint density at radius 3 is 2.32 bits per heavy atom. The molecule has 0 bridgehead atoms.